The molecular weight excluding hydrogens is 447 g/mol. The monoisotopic (exact) mass is 452 g/mol. The normalized spacial score (nSPS) is 4.21. The Morgan fingerprint density at radius 1 is 0.571 bits per heavy atom. The Labute approximate surface area is 478 Å². The molecule has 0 saturated heterocycles. The maximum absolute atomic E-state index is 8.55. The van der Waals surface area contributed by atoms with Crippen molar-refractivity contribution in [1.29, 1.82) is 0 Å². The van der Waals surface area contributed by atoms with E-state index in [0.29, 0.717) is 0 Å². The maximum atomic E-state index is 8.55. The number of phosphoric acid groups is 1. The molecule has 0 aliphatic heterocycles. The molecule has 0 spiro atoms. The van der Waals surface area contributed by atoms with Crippen molar-refractivity contribution < 1.29 is 490 Å². The topological polar surface area (TPSA) is 86.2 Å². The minimum Gasteiger partial charge on any atom is -1.00 e. The number of hydrogen-bond donors (Lipinski definition) is 0. The van der Waals surface area contributed by atoms with E-state index < -0.39 is 7.82 Å². The van der Waals surface area contributed by atoms with Crippen LogP contribution in [-0.2, 0) is 4.57 Å². The molecule has 0 aromatic heterocycles. The fourth-order valence-electron chi connectivity index (χ4n) is 0. The van der Waals surface area contributed by atoms with E-state index in [-0.39, 0.29) is 471 Å². The zero-order valence-corrected chi connectivity index (χ0v) is 40.1. The second kappa shape index (κ2) is 46.2. The number of hydrogen-bond acceptors (Lipinski definition) is 4. The van der Waals surface area contributed by atoms with Gasteiger partial charge in [-0.25, -0.2) is 0 Å². The SMILES string of the molecule is O=P([O-])([O-])[O-].[H-].[H-].[H-].[H-].[H-].[H-].[K+].[K+].[K+].[K+].[K+].[K+].[K+].[K+].[K+]. The van der Waals surface area contributed by atoms with E-state index in [2.05, 4.69) is 0 Å². The first-order valence-corrected chi connectivity index (χ1v) is 2.19. The quantitative estimate of drug-likeness (QED) is 0.270. The van der Waals surface area contributed by atoms with Gasteiger partial charge in [0.25, 0.3) is 0 Å². The third kappa shape index (κ3) is 81.4. The minimum absolute atomic E-state index is 0. The second-order valence-corrected chi connectivity index (χ2v) is 1.34. The Bertz CT molecular complexity index is 80.6. The summed E-state index contributed by atoms with van der Waals surface area (Å²) in [6.07, 6.45) is 0. The van der Waals surface area contributed by atoms with E-state index in [1.165, 1.54) is 0 Å². The van der Waals surface area contributed by atoms with Crippen LogP contribution >= 0.6 is 7.82 Å². The van der Waals surface area contributed by atoms with Crippen LogP contribution in [0, 0.1) is 0 Å². The smallest absolute Gasteiger partial charge is 1.00 e. The van der Waals surface area contributed by atoms with Gasteiger partial charge in [0.05, 0.1) is 0 Å². The van der Waals surface area contributed by atoms with E-state index in [1.807, 2.05) is 0 Å². The Kier molecular flexibility index (Phi) is 208. The van der Waals surface area contributed by atoms with E-state index in [4.69, 9.17) is 19.2 Å². The molecule has 14 heteroatoms. The first-order valence-electron chi connectivity index (χ1n) is 0.730. The molecule has 0 amide bonds. The Morgan fingerprint density at radius 3 is 0.571 bits per heavy atom. The standard InChI is InChI=1S/9K.H3O4P.6H/c;;;;;;;;;1-5(2,3)4;;;;;;/h;;;;;;;;;(H3,1,2,3,4);;;;;;/q9*+1;;6*-1/p-3. The third-order valence-corrected chi connectivity index (χ3v) is 0. The third-order valence-electron chi connectivity index (χ3n) is 0. The molecule has 0 aromatic carbocycles. The van der Waals surface area contributed by atoms with E-state index in [9.17, 15) is 0 Å². The second-order valence-electron chi connectivity index (χ2n) is 0.447. The molecule has 0 atom stereocenters. The molecule has 0 radical (unpaired) electrons. The average Bonchev–Trinajstić information content (AvgIpc) is 0.722. The predicted molar refractivity (Wildman–Crippen MR) is 14.3 cm³/mol. The van der Waals surface area contributed by atoms with Crippen LogP contribution in [0.2, 0.25) is 0 Å². The molecule has 14 heavy (non-hydrogen) atoms. The Hall–Kier alpha value is 14.8. The Morgan fingerprint density at radius 2 is 0.571 bits per heavy atom. The van der Waals surface area contributed by atoms with Crippen molar-refractivity contribution in [3.8, 4) is 0 Å². The zero-order chi connectivity index (χ0) is 4.50. The molecule has 0 aliphatic rings. The van der Waals surface area contributed by atoms with Crippen LogP contribution in [0.5, 0.6) is 0 Å². The fourth-order valence-corrected chi connectivity index (χ4v) is 0. The van der Waals surface area contributed by atoms with Gasteiger partial charge >= 0.3 is 462 Å². The van der Waals surface area contributed by atoms with Gasteiger partial charge in [-0.3, -0.25) is 0 Å². The largest absolute Gasteiger partial charge is 1.00 e. The van der Waals surface area contributed by atoms with Gasteiger partial charge in [-0.05, 0) is 0 Å². The van der Waals surface area contributed by atoms with Crippen LogP contribution in [0.25, 0.3) is 0 Å². The van der Waals surface area contributed by atoms with E-state index >= 15 is 0 Å². The van der Waals surface area contributed by atoms with Gasteiger partial charge in [-0.1, -0.05) is 0 Å². The van der Waals surface area contributed by atoms with Crippen molar-refractivity contribution in [3.63, 3.8) is 0 Å². The van der Waals surface area contributed by atoms with Gasteiger partial charge in [0.1, 0.15) is 0 Å². The molecule has 0 rings (SSSR count). The molecule has 0 bridgehead atoms. The summed E-state index contributed by atoms with van der Waals surface area (Å²) in [4.78, 5) is 25.6. The van der Waals surface area contributed by atoms with Crippen molar-refractivity contribution in [2.45, 2.75) is 0 Å². The van der Waals surface area contributed by atoms with Crippen LogP contribution in [-0.4, -0.2) is 0 Å². The molecule has 0 aromatic rings. The van der Waals surface area contributed by atoms with Crippen molar-refractivity contribution in [2.24, 2.45) is 0 Å². The Balaban J connectivity index is -0.000000000762. The van der Waals surface area contributed by atoms with Gasteiger partial charge in [0.15, 0.2) is 0 Å². The maximum Gasteiger partial charge on any atom is 1.00 e. The van der Waals surface area contributed by atoms with E-state index in [1.54, 1.807) is 0 Å². The van der Waals surface area contributed by atoms with Gasteiger partial charge in [-0.15, -0.1) is 0 Å². The summed E-state index contributed by atoms with van der Waals surface area (Å²) in [5, 5.41) is 0. The van der Waals surface area contributed by atoms with Gasteiger partial charge in [-0.2, -0.15) is 7.82 Å². The first kappa shape index (κ1) is 63.0. The molecule has 0 fully saturated rings. The van der Waals surface area contributed by atoms with Crippen LogP contribution in [0.15, 0.2) is 0 Å². The van der Waals surface area contributed by atoms with Gasteiger partial charge in [0, 0.05) is 0 Å². The fraction of sp³-hybridized carbons (Fsp3) is 0. The molecule has 0 unspecified atom stereocenters. The van der Waals surface area contributed by atoms with Crippen LogP contribution < -0.4 is 477 Å². The van der Waals surface area contributed by atoms with Crippen LogP contribution in [0.1, 0.15) is 8.56 Å². The molecule has 0 aliphatic carbocycles. The van der Waals surface area contributed by atoms with Crippen LogP contribution in [0.4, 0.5) is 0 Å². The zero-order valence-electron chi connectivity index (χ0n) is 17.1. The molecule has 0 saturated carbocycles. The first-order chi connectivity index (χ1) is 2.00. The number of rotatable bonds is 0. The van der Waals surface area contributed by atoms with Crippen molar-refractivity contribution in [2.75, 3.05) is 0 Å². The molecule has 44 valence electrons. The van der Waals surface area contributed by atoms with Crippen molar-refractivity contribution in [1.82, 2.24) is 0 Å². The average molecular weight is 453 g/mol. The van der Waals surface area contributed by atoms with Gasteiger partial charge in [0.2, 0.25) is 0 Å². The van der Waals surface area contributed by atoms with E-state index in [0.717, 1.165) is 0 Å². The summed E-state index contributed by atoms with van der Waals surface area (Å²) in [7, 11) is -5.39. The van der Waals surface area contributed by atoms with Crippen molar-refractivity contribution in [3.05, 3.63) is 0 Å². The predicted octanol–water partition coefficient (Wildman–Crippen LogP) is -29.1. The van der Waals surface area contributed by atoms with Gasteiger partial charge < -0.3 is 27.8 Å². The summed E-state index contributed by atoms with van der Waals surface area (Å²) in [5.41, 5.74) is 0. The molecule has 4 nitrogen and oxygen atoms in total. The summed E-state index contributed by atoms with van der Waals surface area (Å²) in [6.45, 7) is 0. The molecule has 0 heterocycles. The summed E-state index contributed by atoms with van der Waals surface area (Å²) < 4.78 is 8.55. The van der Waals surface area contributed by atoms with Crippen LogP contribution in [0.3, 0.4) is 0 Å². The van der Waals surface area contributed by atoms with Crippen molar-refractivity contribution >= 4 is 7.82 Å². The summed E-state index contributed by atoms with van der Waals surface area (Å²) in [6, 6.07) is 0. The minimum atomic E-state index is -5.39. The molecule has 0 N–H and O–H groups in total. The molecular formula is H6K9O4P. The summed E-state index contributed by atoms with van der Waals surface area (Å²) >= 11 is 0. The summed E-state index contributed by atoms with van der Waals surface area (Å²) in [5.74, 6) is 0.